The number of nitrogens with zero attached hydrogens (tertiary/aromatic N) is 5. The molecule has 0 saturated carbocycles. The van der Waals surface area contributed by atoms with Crippen molar-refractivity contribution in [2.45, 2.75) is 46.2 Å². The second-order valence-electron chi connectivity index (χ2n) is 6.06. The lowest BCUT2D eigenvalue weighted by Gasteiger charge is -2.27. The SMILES string of the molecule is CCCn1nccc1NC(=O)CN1CCc2cnc(CC)nc2C1. The maximum Gasteiger partial charge on any atom is 0.239 e. The normalized spacial score (nSPS) is 14.4. The van der Waals surface area contributed by atoms with Crippen molar-refractivity contribution in [3.8, 4) is 0 Å². The summed E-state index contributed by atoms with van der Waals surface area (Å²) in [6.07, 6.45) is 6.34. The first kappa shape index (κ1) is 16.6. The summed E-state index contributed by atoms with van der Waals surface area (Å²) in [5.74, 6) is 1.61. The van der Waals surface area contributed by atoms with E-state index in [9.17, 15) is 4.79 Å². The molecule has 3 rings (SSSR count). The minimum absolute atomic E-state index is 0.0129. The number of amides is 1. The van der Waals surface area contributed by atoms with Crippen LogP contribution in [0.5, 0.6) is 0 Å². The second kappa shape index (κ2) is 7.53. The Hall–Kier alpha value is -2.28. The highest BCUT2D eigenvalue weighted by atomic mass is 16.2. The molecule has 0 spiro atoms. The standard InChI is InChI=1S/C17H24N6O/c1-3-8-23-16(5-7-19-23)21-17(24)12-22-9-6-13-10-18-15(4-2)20-14(13)11-22/h5,7,10H,3-4,6,8-9,11-12H2,1-2H3,(H,21,24). The molecule has 0 unspecified atom stereocenters. The largest absolute Gasteiger partial charge is 0.310 e. The maximum absolute atomic E-state index is 12.3. The van der Waals surface area contributed by atoms with Gasteiger partial charge in [-0.15, -0.1) is 0 Å². The van der Waals surface area contributed by atoms with Crippen LogP contribution in [0.4, 0.5) is 5.82 Å². The molecule has 0 aliphatic carbocycles. The molecule has 3 heterocycles. The van der Waals surface area contributed by atoms with E-state index in [0.29, 0.717) is 13.1 Å². The molecule has 0 fully saturated rings. The summed E-state index contributed by atoms with van der Waals surface area (Å²) in [7, 11) is 0. The van der Waals surface area contributed by atoms with Crippen LogP contribution in [-0.2, 0) is 30.7 Å². The lowest BCUT2D eigenvalue weighted by molar-refractivity contribution is -0.117. The Balaban J connectivity index is 1.60. The molecule has 0 atom stereocenters. The van der Waals surface area contributed by atoms with E-state index in [2.05, 4.69) is 39.1 Å². The first-order valence-electron chi connectivity index (χ1n) is 8.57. The zero-order chi connectivity index (χ0) is 16.9. The minimum atomic E-state index is -0.0129. The van der Waals surface area contributed by atoms with E-state index in [1.165, 1.54) is 5.56 Å². The van der Waals surface area contributed by atoms with Crippen LogP contribution in [0.1, 0.15) is 37.4 Å². The van der Waals surface area contributed by atoms with Gasteiger partial charge in [-0.1, -0.05) is 13.8 Å². The van der Waals surface area contributed by atoms with Crippen LogP contribution < -0.4 is 5.32 Å². The van der Waals surface area contributed by atoms with E-state index < -0.39 is 0 Å². The van der Waals surface area contributed by atoms with E-state index >= 15 is 0 Å². The van der Waals surface area contributed by atoms with Gasteiger partial charge in [0.05, 0.1) is 18.4 Å². The van der Waals surface area contributed by atoms with E-state index in [1.807, 2.05) is 16.9 Å². The van der Waals surface area contributed by atoms with Gasteiger partial charge in [0.1, 0.15) is 11.6 Å². The predicted molar refractivity (Wildman–Crippen MR) is 91.5 cm³/mol. The van der Waals surface area contributed by atoms with Gasteiger partial charge in [0, 0.05) is 38.3 Å². The fourth-order valence-electron chi connectivity index (χ4n) is 2.92. The summed E-state index contributed by atoms with van der Waals surface area (Å²) >= 11 is 0. The Morgan fingerprint density at radius 3 is 3.04 bits per heavy atom. The molecule has 1 amide bonds. The van der Waals surface area contributed by atoms with E-state index in [-0.39, 0.29) is 5.91 Å². The van der Waals surface area contributed by atoms with Gasteiger partial charge in [0.15, 0.2) is 0 Å². The first-order valence-corrected chi connectivity index (χ1v) is 8.57. The molecule has 0 bridgehead atoms. The molecule has 1 aliphatic heterocycles. The third-order valence-corrected chi connectivity index (χ3v) is 4.18. The van der Waals surface area contributed by atoms with E-state index in [4.69, 9.17) is 0 Å². The first-order chi connectivity index (χ1) is 11.7. The molecule has 1 N–H and O–H groups in total. The number of anilines is 1. The Bertz CT molecular complexity index is 711. The van der Waals surface area contributed by atoms with Gasteiger partial charge >= 0.3 is 0 Å². The number of carbonyl (C=O) groups is 1. The lowest BCUT2D eigenvalue weighted by Crippen LogP contribution is -2.38. The smallest absolute Gasteiger partial charge is 0.239 e. The summed E-state index contributed by atoms with van der Waals surface area (Å²) in [5.41, 5.74) is 2.25. The monoisotopic (exact) mass is 328 g/mol. The summed E-state index contributed by atoms with van der Waals surface area (Å²) in [6.45, 7) is 6.86. The zero-order valence-electron chi connectivity index (χ0n) is 14.3. The van der Waals surface area contributed by atoms with Gasteiger partial charge in [-0.25, -0.2) is 14.6 Å². The fourth-order valence-corrected chi connectivity index (χ4v) is 2.92. The molecular formula is C17H24N6O. The molecular weight excluding hydrogens is 304 g/mol. The highest BCUT2D eigenvalue weighted by Crippen LogP contribution is 2.16. The van der Waals surface area contributed by atoms with Gasteiger partial charge in [0.25, 0.3) is 0 Å². The van der Waals surface area contributed by atoms with Crippen molar-refractivity contribution in [1.29, 1.82) is 0 Å². The molecule has 2 aromatic heterocycles. The molecule has 128 valence electrons. The number of aryl methyl sites for hydroxylation is 2. The molecule has 24 heavy (non-hydrogen) atoms. The molecule has 7 nitrogen and oxygen atoms in total. The van der Waals surface area contributed by atoms with Gasteiger partial charge in [-0.2, -0.15) is 5.10 Å². The van der Waals surface area contributed by atoms with Crippen LogP contribution in [0, 0.1) is 0 Å². The number of fused-ring (bicyclic) bond motifs is 1. The van der Waals surface area contributed by atoms with Crippen molar-refractivity contribution in [2.75, 3.05) is 18.4 Å². The number of hydrogen-bond donors (Lipinski definition) is 1. The summed E-state index contributed by atoms with van der Waals surface area (Å²) in [6, 6.07) is 1.83. The zero-order valence-corrected chi connectivity index (χ0v) is 14.3. The molecule has 1 aliphatic rings. The molecule has 0 radical (unpaired) electrons. The number of rotatable bonds is 6. The van der Waals surface area contributed by atoms with Crippen LogP contribution in [0.15, 0.2) is 18.5 Å². The van der Waals surface area contributed by atoms with Crippen LogP contribution >= 0.6 is 0 Å². The third-order valence-electron chi connectivity index (χ3n) is 4.18. The number of nitrogens with one attached hydrogen (secondary N) is 1. The van der Waals surface area contributed by atoms with Crippen LogP contribution in [-0.4, -0.2) is 43.6 Å². The van der Waals surface area contributed by atoms with E-state index in [1.54, 1.807) is 6.20 Å². The van der Waals surface area contributed by atoms with Crippen molar-refractivity contribution in [1.82, 2.24) is 24.6 Å². The highest BCUT2D eigenvalue weighted by Gasteiger charge is 2.20. The van der Waals surface area contributed by atoms with E-state index in [0.717, 1.165) is 49.7 Å². The van der Waals surface area contributed by atoms with Crippen LogP contribution in [0.25, 0.3) is 0 Å². The highest BCUT2D eigenvalue weighted by molar-refractivity contribution is 5.91. The second-order valence-corrected chi connectivity index (χ2v) is 6.06. The van der Waals surface area contributed by atoms with Gasteiger partial charge in [-0.05, 0) is 18.4 Å². The van der Waals surface area contributed by atoms with Gasteiger partial charge < -0.3 is 5.32 Å². The van der Waals surface area contributed by atoms with Gasteiger partial charge in [0.2, 0.25) is 5.91 Å². The minimum Gasteiger partial charge on any atom is -0.310 e. The molecule has 0 aromatic carbocycles. The Morgan fingerprint density at radius 1 is 1.38 bits per heavy atom. The quantitative estimate of drug-likeness (QED) is 0.872. The number of carbonyl (C=O) groups excluding carboxylic acids is 1. The molecule has 0 saturated heterocycles. The molecule has 7 heteroatoms. The van der Waals surface area contributed by atoms with Crippen molar-refractivity contribution in [2.24, 2.45) is 0 Å². The van der Waals surface area contributed by atoms with Crippen molar-refractivity contribution < 1.29 is 4.79 Å². The topological polar surface area (TPSA) is 75.9 Å². The number of hydrogen-bond acceptors (Lipinski definition) is 5. The fraction of sp³-hybridized carbons (Fsp3) is 0.529. The van der Waals surface area contributed by atoms with Gasteiger partial charge in [-0.3, -0.25) is 9.69 Å². The lowest BCUT2D eigenvalue weighted by atomic mass is 10.1. The van der Waals surface area contributed by atoms with Crippen LogP contribution in [0.3, 0.4) is 0 Å². The van der Waals surface area contributed by atoms with Crippen LogP contribution in [0.2, 0.25) is 0 Å². The average Bonchev–Trinajstić information content (AvgIpc) is 3.01. The summed E-state index contributed by atoms with van der Waals surface area (Å²) in [4.78, 5) is 23.4. The summed E-state index contributed by atoms with van der Waals surface area (Å²) in [5, 5.41) is 7.18. The third kappa shape index (κ3) is 3.79. The number of aromatic nitrogens is 4. The average molecular weight is 328 g/mol. The van der Waals surface area contributed by atoms with Crippen molar-refractivity contribution in [3.63, 3.8) is 0 Å². The summed E-state index contributed by atoms with van der Waals surface area (Å²) < 4.78 is 1.82. The predicted octanol–water partition coefficient (Wildman–Crippen LogP) is 1.64. The Morgan fingerprint density at radius 2 is 2.25 bits per heavy atom. The maximum atomic E-state index is 12.3. The van der Waals surface area contributed by atoms with Crippen molar-refractivity contribution >= 4 is 11.7 Å². The Kier molecular flexibility index (Phi) is 5.20. The Labute approximate surface area is 142 Å². The molecule has 2 aromatic rings. The van der Waals surface area contributed by atoms with Crippen molar-refractivity contribution in [3.05, 3.63) is 35.5 Å².